The first kappa shape index (κ1) is 16.2. The van der Waals surface area contributed by atoms with Crippen LogP contribution in [0.1, 0.15) is 5.69 Å². The molecule has 0 fully saturated rings. The highest BCUT2D eigenvalue weighted by molar-refractivity contribution is 9.10. The summed E-state index contributed by atoms with van der Waals surface area (Å²) >= 11 is 9.21. The van der Waals surface area contributed by atoms with E-state index >= 15 is 0 Å². The highest BCUT2D eigenvalue weighted by atomic mass is 79.9. The summed E-state index contributed by atoms with van der Waals surface area (Å²) in [5.41, 5.74) is 0.836. The lowest BCUT2D eigenvalue weighted by molar-refractivity contribution is 0.312. The Kier molecular flexibility index (Phi) is 5.21. The van der Waals surface area contributed by atoms with Gasteiger partial charge in [0.1, 0.15) is 4.90 Å². The van der Waals surface area contributed by atoms with Crippen molar-refractivity contribution in [2.45, 2.75) is 11.3 Å². The summed E-state index contributed by atoms with van der Waals surface area (Å²) in [5.74, 6) is 0.0540. The molecular formula is C13H12BrClN2O3S. The molecule has 5 nitrogen and oxygen atoms in total. The number of ether oxygens (including phenoxy) is 1. The number of primary sulfonamides is 1. The van der Waals surface area contributed by atoms with Crippen molar-refractivity contribution in [2.75, 3.05) is 6.61 Å². The standard InChI is InChI=1S/C13H12BrClN2O3S/c14-9-7-11(15)13(12(8-9)21(16,18)19)20-6-4-10-3-1-2-5-17-10/h1-3,5,7-8H,4,6H2,(H2,16,18,19). The summed E-state index contributed by atoms with van der Waals surface area (Å²) < 4.78 is 29.2. The zero-order chi connectivity index (χ0) is 15.5. The summed E-state index contributed by atoms with van der Waals surface area (Å²) in [4.78, 5) is 4.00. The third-order valence-corrected chi connectivity index (χ3v) is 4.27. The molecular weight excluding hydrogens is 380 g/mol. The molecule has 1 aromatic carbocycles. The van der Waals surface area contributed by atoms with Crippen LogP contribution in [0.5, 0.6) is 5.75 Å². The number of hydrogen-bond donors (Lipinski definition) is 1. The predicted molar refractivity (Wildman–Crippen MR) is 84.0 cm³/mol. The molecule has 0 saturated carbocycles. The molecule has 112 valence electrons. The van der Waals surface area contributed by atoms with Crippen LogP contribution in [0, 0.1) is 0 Å². The van der Waals surface area contributed by atoms with E-state index in [0.29, 0.717) is 10.9 Å². The Morgan fingerprint density at radius 2 is 2.10 bits per heavy atom. The Hall–Kier alpha value is -1.15. The molecule has 0 unspecified atom stereocenters. The number of aromatic nitrogens is 1. The summed E-state index contributed by atoms with van der Waals surface area (Å²) in [6.07, 6.45) is 2.20. The third kappa shape index (κ3) is 4.41. The summed E-state index contributed by atoms with van der Waals surface area (Å²) in [5, 5.41) is 5.35. The van der Waals surface area contributed by atoms with Gasteiger partial charge >= 0.3 is 0 Å². The fourth-order valence-corrected chi connectivity index (χ4v) is 3.48. The van der Waals surface area contributed by atoms with E-state index in [1.165, 1.54) is 6.07 Å². The van der Waals surface area contributed by atoms with E-state index in [1.807, 2.05) is 18.2 Å². The smallest absolute Gasteiger partial charge is 0.241 e. The van der Waals surface area contributed by atoms with Crippen LogP contribution >= 0.6 is 27.5 Å². The molecule has 0 amide bonds. The quantitative estimate of drug-likeness (QED) is 0.849. The first-order chi connectivity index (χ1) is 9.88. The molecule has 0 aliphatic rings. The number of benzene rings is 1. The number of hydrogen-bond acceptors (Lipinski definition) is 4. The van der Waals surface area contributed by atoms with Gasteiger partial charge in [0.05, 0.1) is 11.6 Å². The van der Waals surface area contributed by atoms with Gasteiger partial charge in [-0.1, -0.05) is 33.6 Å². The molecule has 0 aliphatic carbocycles. The van der Waals surface area contributed by atoms with Crippen LogP contribution in [-0.2, 0) is 16.4 Å². The number of halogens is 2. The zero-order valence-corrected chi connectivity index (χ0v) is 14.0. The average molecular weight is 392 g/mol. The van der Waals surface area contributed by atoms with Crippen LogP contribution < -0.4 is 9.88 Å². The fraction of sp³-hybridized carbons (Fsp3) is 0.154. The van der Waals surface area contributed by atoms with Gasteiger partial charge in [0, 0.05) is 22.8 Å². The van der Waals surface area contributed by atoms with E-state index in [1.54, 1.807) is 12.3 Å². The maximum absolute atomic E-state index is 11.6. The molecule has 0 bridgehead atoms. The van der Waals surface area contributed by atoms with E-state index in [2.05, 4.69) is 20.9 Å². The Balaban J connectivity index is 2.20. The van der Waals surface area contributed by atoms with E-state index < -0.39 is 10.0 Å². The number of sulfonamides is 1. The molecule has 2 N–H and O–H groups in total. The van der Waals surface area contributed by atoms with Gasteiger partial charge in [0.25, 0.3) is 0 Å². The molecule has 1 aromatic heterocycles. The van der Waals surface area contributed by atoms with Gasteiger partial charge < -0.3 is 4.74 Å². The third-order valence-electron chi connectivity index (χ3n) is 2.61. The Morgan fingerprint density at radius 3 is 2.71 bits per heavy atom. The van der Waals surface area contributed by atoms with Gasteiger partial charge in [-0.3, -0.25) is 4.98 Å². The minimum Gasteiger partial charge on any atom is -0.490 e. The number of rotatable bonds is 5. The SMILES string of the molecule is NS(=O)(=O)c1cc(Br)cc(Cl)c1OCCc1ccccn1. The molecule has 21 heavy (non-hydrogen) atoms. The van der Waals surface area contributed by atoms with Crippen molar-refractivity contribution in [1.29, 1.82) is 0 Å². The normalized spacial score (nSPS) is 11.4. The second-order valence-corrected chi connectivity index (χ2v) is 7.03. The first-order valence-corrected chi connectivity index (χ1v) is 8.64. The van der Waals surface area contributed by atoms with Gasteiger partial charge in [-0.15, -0.1) is 0 Å². The van der Waals surface area contributed by atoms with Gasteiger partial charge in [-0.25, -0.2) is 13.6 Å². The maximum atomic E-state index is 11.6. The Labute approximate surface area is 136 Å². The largest absolute Gasteiger partial charge is 0.490 e. The number of nitrogens with zero attached hydrogens (tertiary/aromatic N) is 1. The summed E-state index contributed by atoms with van der Waals surface area (Å²) in [6, 6.07) is 8.44. The maximum Gasteiger partial charge on any atom is 0.241 e. The lowest BCUT2D eigenvalue weighted by Gasteiger charge is -2.12. The minimum absolute atomic E-state index is 0.0540. The average Bonchev–Trinajstić information content (AvgIpc) is 2.41. The summed E-state index contributed by atoms with van der Waals surface area (Å²) in [7, 11) is -3.93. The van der Waals surface area contributed by atoms with Crippen LogP contribution in [0.15, 0.2) is 45.9 Å². The molecule has 2 rings (SSSR count). The second kappa shape index (κ2) is 6.74. The van der Waals surface area contributed by atoms with Crippen LogP contribution in [0.25, 0.3) is 0 Å². The zero-order valence-electron chi connectivity index (χ0n) is 10.8. The van der Waals surface area contributed by atoms with Crippen molar-refractivity contribution in [2.24, 2.45) is 5.14 Å². The Bertz CT molecular complexity index is 739. The highest BCUT2D eigenvalue weighted by Gasteiger charge is 2.19. The highest BCUT2D eigenvalue weighted by Crippen LogP contribution is 2.35. The lowest BCUT2D eigenvalue weighted by atomic mass is 10.3. The fourth-order valence-electron chi connectivity index (χ4n) is 1.69. The van der Waals surface area contributed by atoms with Gasteiger partial charge in [-0.05, 0) is 24.3 Å². The topological polar surface area (TPSA) is 82.3 Å². The molecule has 2 aromatic rings. The van der Waals surface area contributed by atoms with E-state index in [9.17, 15) is 8.42 Å². The molecule has 0 spiro atoms. The van der Waals surface area contributed by atoms with Crippen molar-refractivity contribution in [3.05, 3.63) is 51.7 Å². The molecule has 8 heteroatoms. The van der Waals surface area contributed by atoms with Crippen LogP contribution in [-0.4, -0.2) is 20.0 Å². The number of pyridine rings is 1. The minimum atomic E-state index is -3.93. The van der Waals surface area contributed by atoms with E-state index in [-0.39, 0.29) is 22.3 Å². The molecule has 0 atom stereocenters. The van der Waals surface area contributed by atoms with Crippen molar-refractivity contribution in [3.8, 4) is 5.75 Å². The van der Waals surface area contributed by atoms with Gasteiger partial charge in [0.15, 0.2) is 5.75 Å². The van der Waals surface area contributed by atoms with Crippen molar-refractivity contribution in [3.63, 3.8) is 0 Å². The van der Waals surface area contributed by atoms with Gasteiger partial charge in [0.2, 0.25) is 10.0 Å². The number of nitrogens with two attached hydrogens (primary N) is 1. The Morgan fingerprint density at radius 1 is 1.33 bits per heavy atom. The summed E-state index contributed by atoms with van der Waals surface area (Å²) in [6.45, 7) is 0.237. The van der Waals surface area contributed by atoms with Crippen LogP contribution in [0.4, 0.5) is 0 Å². The van der Waals surface area contributed by atoms with Crippen molar-refractivity contribution in [1.82, 2.24) is 4.98 Å². The molecule has 0 radical (unpaired) electrons. The van der Waals surface area contributed by atoms with E-state index in [4.69, 9.17) is 21.5 Å². The predicted octanol–water partition coefficient (Wildman–Crippen LogP) is 2.77. The first-order valence-electron chi connectivity index (χ1n) is 5.92. The monoisotopic (exact) mass is 390 g/mol. The molecule has 1 heterocycles. The van der Waals surface area contributed by atoms with E-state index in [0.717, 1.165) is 5.69 Å². The van der Waals surface area contributed by atoms with Crippen molar-refractivity contribution < 1.29 is 13.2 Å². The lowest BCUT2D eigenvalue weighted by Crippen LogP contribution is -2.15. The van der Waals surface area contributed by atoms with Crippen LogP contribution in [0.2, 0.25) is 5.02 Å². The van der Waals surface area contributed by atoms with Crippen LogP contribution in [0.3, 0.4) is 0 Å². The molecule has 0 saturated heterocycles. The van der Waals surface area contributed by atoms with Crippen molar-refractivity contribution >= 4 is 37.6 Å². The second-order valence-electron chi connectivity index (χ2n) is 4.18. The molecule has 0 aliphatic heterocycles. The van der Waals surface area contributed by atoms with Gasteiger partial charge in [-0.2, -0.15) is 0 Å².